The predicted octanol–water partition coefficient (Wildman–Crippen LogP) is 2.74. The summed E-state index contributed by atoms with van der Waals surface area (Å²) in [7, 11) is 0. The molecule has 3 atom stereocenters. The quantitative estimate of drug-likeness (QED) is 0.529. The van der Waals surface area contributed by atoms with Crippen LogP contribution < -0.4 is 10.6 Å². The molecule has 0 saturated heterocycles. The summed E-state index contributed by atoms with van der Waals surface area (Å²) in [5.41, 5.74) is 3.76. The number of ether oxygens (including phenoxy) is 1. The van der Waals surface area contributed by atoms with Gasteiger partial charge in [0.1, 0.15) is 24.2 Å². The molecule has 2 heterocycles. The van der Waals surface area contributed by atoms with E-state index in [1.165, 1.54) is 18.2 Å². The van der Waals surface area contributed by atoms with Gasteiger partial charge in [-0.3, -0.25) is 14.9 Å². The molecule has 0 saturated carbocycles. The summed E-state index contributed by atoms with van der Waals surface area (Å²) in [5.74, 6) is -1.86. The van der Waals surface area contributed by atoms with E-state index in [1.807, 2.05) is 18.2 Å². The number of amides is 1. The van der Waals surface area contributed by atoms with Crippen LogP contribution in [0.15, 0.2) is 36.4 Å². The highest BCUT2D eigenvalue weighted by Crippen LogP contribution is 2.41. The van der Waals surface area contributed by atoms with E-state index in [0.717, 1.165) is 16.7 Å². The zero-order valence-corrected chi connectivity index (χ0v) is 17.1. The van der Waals surface area contributed by atoms with Crippen molar-refractivity contribution in [2.24, 2.45) is 5.92 Å². The molecule has 7 nitrogen and oxygen atoms in total. The van der Waals surface area contributed by atoms with E-state index in [9.17, 15) is 24.2 Å². The smallest absolute Gasteiger partial charge is 0.321 e. The van der Waals surface area contributed by atoms with Crippen molar-refractivity contribution in [3.8, 4) is 0 Å². The molecule has 2 unspecified atom stereocenters. The topological polar surface area (TPSA) is 108 Å². The molecule has 162 valence electrons. The van der Waals surface area contributed by atoms with E-state index in [1.54, 1.807) is 13.8 Å². The van der Waals surface area contributed by atoms with Crippen molar-refractivity contribution < 1.29 is 28.9 Å². The summed E-state index contributed by atoms with van der Waals surface area (Å²) in [5, 5.41) is 24.9. The Hall–Kier alpha value is -3.23. The van der Waals surface area contributed by atoms with Gasteiger partial charge < -0.3 is 20.3 Å². The predicted molar refractivity (Wildman–Crippen MR) is 112 cm³/mol. The Balaban J connectivity index is 1.60. The van der Waals surface area contributed by atoms with Crippen LogP contribution in [0, 0.1) is 11.7 Å². The van der Waals surface area contributed by atoms with Crippen LogP contribution in [0.25, 0.3) is 11.3 Å². The van der Waals surface area contributed by atoms with Crippen molar-refractivity contribution in [2.45, 2.75) is 39.1 Å². The Kier molecular flexibility index (Phi) is 5.51. The molecule has 2 aromatic rings. The number of carbonyl (C=O) groups excluding carboxylic acids is 1. The van der Waals surface area contributed by atoms with E-state index < -0.39 is 29.9 Å². The lowest BCUT2D eigenvalue weighted by Crippen LogP contribution is -2.45. The van der Waals surface area contributed by atoms with E-state index >= 15 is 0 Å². The highest BCUT2D eigenvalue weighted by atomic mass is 19.1. The van der Waals surface area contributed by atoms with Gasteiger partial charge in [0, 0.05) is 34.8 Å². The maximum atomic E-state index is 13.7. The zero-order valence-electron chi connectivity index (χ0n) is 17.1. The second kappa shape index (κ2) is 8.13. The van der Waals surface area contributed by atoms with Crippen LogP contribution in [0.3, 0.4) is 0 Å². The van der Waals surface area contributed by atoms with E-state index in [0.29, 0.717) is 29.1 Å². The molecule has 0 aromatic heterocycles. The number of carboxylic acids is 1. The highest BCUT2D eigenvalue weighted by molar-refractivity contribution is 6.36. The first kappa shape index (κ1) is 21.0. The normalized spacial score (nSPS) is 19.8. The summed E-state index contributed by atoms with van der Waals surface area (Å²) in [4.78, 5) is 24.0. The molecule has 0 radical (unpaired) electrons. The fraction of sp³-hybridized carbons (Fsp3) is 0.304. The Labute approximate surface area is 178 Å². The van der Waals surface area contributed by atoms with Gasteiger partial charge in [-0.05, 0) is 30.7 Å². The first-order valence-corrected chi connectivity index (χ1v) is 10.0. The monoisotopic (exact) mass is 426 g/mol. The molecule has 4 rings (SSSR count). The van der Waals surface area contributed by atoms with Gasteiger partial charge in [0.2, 0.25) is 0 Å². The Morgan fingerprint density at radius 1 is 1.23 bits per heavy atom. The number of fused-ring (bicyclic) bond motifs is 2. The average Bonchev–Trinajstić information content (AvgIpc) is 3.26. The maximum absolute atomic E-state index is 13.7. The maximum Gasteiger partial charge on any atom is 0.321 e. The number of carbonyl (C=O) groups is 2. The summed E-state index contributed by atoms with van der Waals surface area (Å²) in [6.45, 7) is 3.79. The van der Waals surface area contributed by atoms with Gasteiger partial charge in [-0.1, -0.05) is 25.1 Å². The minimum Gasteiger partial charge on any atom is -0.487 e. The summed E-state index contributed by atoms with van der Waals surface area (Å²) in [6.07, 6.45) is -0.763. The summed E-state index contributed by atoms with van der Waals surface area (Å²) < 4.78 is 19.6. The molecule has 0 spiro atoms. The minimum atomic E-state index is -1.02. The largest absolute Gasteiger partial charge is 0.487 e. The lowest BCUT2D eigenvalue weighted by Gasteiger charge is -2.23. The fourth-order valence-corrected chi connectivity index (χ4v) is 3.90. The van der Waals surface area contributed by atoms with Crippen LogP contribution in [0.4, 0.5) is 10.1 Å². The zero-order chi connectivity index (χ0) is 22.3. The van der Waals surface area contributed by atoms with Crippen molar-refractivity contribution >= 4 is 28.9 Å². The number of aliphatic hydroxyl groups is 1. The second-order valence-corrected chi connectivity index (χ2v) is 7.92. The van der Waals surface area contributed by atoms with Gasteiger partial charge in [-0.15, -0.1) is 0 Å². The lowest BCUT2D eigenvalue weighted by molar-refractivity contribution is -0.142. The molecule has 31 heavy (non-hydrogen) atoms. The molecular formula is C23H23FN2O5. The SMILES string of the molecule is CC(O)[C@H](C)C(NCc1ccc2c(c1)CO/C2=C1/C(=O)Nc2ccc(F)cc21)C(=O)O. The van der Waals surface area contributed by atoms with Crippen molar-refractivity contribution in [1.82, 2.24) is 5.32 Å². The van der Waals surface area contributed by atoms with Gasteiger partial charge in [0.25, 0.3) is 5.91 Å². The molecule has 2 aliphatic rings. The van der Waals surface area contributed by atoms with Crippen molar-refractivity contribution in [3.63, 3.8) is 0 Å². The number of aliphatic carboxylic acids is 1. The number of anilines is 1. The van der Waals surface area contributed by atoms with E-state index in [-0.39, 0.29) is 12.5 Å². The minimum absolute atomic E-state index is 0.256. The van der Waals surface area contributed by atoms with Gasteiger partial charge in [0.05, 0.1) is 11.7 Å². The molecule has 0 aliphatic carbocycles. The van der Waals surface area contributed by atoms with E-state index in [4.69, 9.17) is 4.74 Å². The first-order chi connectivity index (χ1) is 14.8. The van der Waals surface area contributed by atoms with Gasteiger partial charge in [-0.2, -0.15) is 0 Å². The third-order valence-electron chi connectivity index (χ3n) is 5.82. The van der Waals surface area contributed by atoms with Crippen LogP contribution in [-0.4, -0.2) is 34.2 Å². The van der Waals surface area contributed by atoms with Gasteiger partial charge in [0.15, 0.2) is 0 Å². The molecule has 0 fully saturated rings. The summed E-state index contributed by atoms with van der Waals surface area (Å²) >= 11 is 0. The van der Waals surface area contributed by atoms with E-state index in [2.05, 4.69) is 10.6 Å². The number of rotatable bonds is 6. The molecule has 0 bridgehead atoms. The molecule has 8 heteroatoms. The molecule has 1 amide bonds. The number of benzene rings is 2. The van der Waals surface area contributed by atoms with Crippen molar-refractivity contribution in [3.05, 3.63) is 64.5 Å². The number of aliphatic hydroxyl groups excluding tert-OH is 1. The third-order valence-corrected chi connectivity index (χ3v) is 5.82. The van der Waals surface area contributed by atoms with Crippen LogP contribution in [-0.2, 0) is 27.5 Å². The van der Waals surface area contributed by atoms with Gasteiger partial charge >= 0.3 is 5.97 Å². The number of hydrogen-bond donors (Lipinski definition) is 4. The Bertz CT molecular complexity index is 1100. The molecule has 4 N–H and O–H groups in total. The number of halogens is 1. The van der Waals surface area contributed by atoms with Crippen LogP contribution in [0.1, 0.15) is 36.1 Å². The standard InChI is InChI=1S/C23H23FN2O5/c1-11(12(2)27)20(23(29)30)25-9-13-3-5-16-14(7-13)10-31-21(16)19-17-8-15(24)4-6-18(17)26-22(19)28/h3-8,11-12,20,25,27H,9-10H2,1-2H3,(H,26,28)(H,29,30)/b21-19+/t11-,12?,20?/m0/s1. The molecule has 2 aliphatic heterocycles. The number of hydrogen-bond acceptors (Lipinski definition) is 5. The van der Waals surface area contributed by atoms with Crippen LogP contribution in [0.5, 0.6) is 0 Å². The van der Waals surface area contributed by atoms with Crippen molar-refractivity contribution in [2.75, 3.05) is 5.32 Å². The van der Waals surface area contributed by atoms with Gasteiger partial charge in [-0.25, -0.2) is 4.39 Å². The third kappa shape index (κ3) is 3.92. The first-order valence-electron chi connectivity index (χ1n) is 10.0. The Morgan fingerprint density at radius 2 is 2.00 bits per heavy atom. The summed E-state index contributed by atoms with van der Waals surface area (Å²) in [6, 6.07) is 8.76. The Morgan fingerprint density at radius 3 is 2.71 bits per heavy atom. The average molecular weight is 426 g/mol. The number of carboxylic acid groups (broad SMARTS) is 1. The lowest BCUT2D eigenvalue weighted by atomic mass is 9.96. The molecular weight excluding hydrogens is 403 g/mol. The molecule has 2 aromatic carbocycles. The highest BCUT2D eigenvalue weighted by Gasteiger charge is 2.33. The van der Waals surface area contributed by atoms with Crippen LogP contribution >= 0.6 is 0 Å². The fourth-order valence-electron chi connectivity index (χ4n) is 3.90. The second-order valence-electron chi connectivity index (χ2n) is 7.92. The van der Waals surface area contributed by atoms with Crippen molar-refractivity contribution in [1.29, 1.82) is 0 Å². The number of nitrogens with one attached hydrogen (secondary N) is 2. The van der Waals surface area contributed by atoms with Crippen LogP contribution in [0.2, 0.25) is 0 Å².